The van der Waals surface area contributed by atoms with Crippen molar-refractivity contribution in [3.8, 4) is 17.0 Å². The number of carbonyl (C=O) groups excluding carboxylic acids is 1. The van der Waals surface area contributed by atoms with Crippen LogP contribution >= 0.6 is 0 Å². The van der Waals surface area contributed by atoms with E-state index >= 15 is 0 Å². The van der Waals surface area contributed by atoms with E-state index in [0.717, 1.165) is 13.1 Å². The average Bonchev–Trinajstić information content (AvgIpc) is 2.61. The van der Waals surface area contributed by atoms with Crippen molar-refractivity contribution >= 4 is 5.91 Å². The molecule has 1 aromatic carbocycles. The number of rotatable bonds is 3. The number of hydrogen-bond donors (Lipinski definition) is 0. The molecule has 1 amide bonds. The van der Waals surface area contributed by atoms with Crippen molar-refractivity contribution in [3.63, 3.8) is 0 Å². The lowest BCUT2D eigenvalue weighted by atomic mass is 10.1. The van der Waals surface area contributed by atoms with Crippen molar-refractivity contribution in [1.82, 2.24) is 14.8 Å². The summed E-state index contributed by atoms with van der Waals surface area (Å²) in [6.07, 6.45) is 1.53. The van der Waals surface area contributed by atoms with Crippen molar-refractivity contribution in [2.24, 2.45) is 0 Å². The number of halogens is 1. The first-order chi connectivity index (χ1) is 11.6. The predicted octanol–water partition coefficient (Wildman–Crippen LogP) is 2.28. The van der Waals surface area contributed by atoms with E-state index in [1.165, 1.54) is 19.4 Å². The lowest BCUT2D eigenvalue weighted by Gasteiger charge is -2.32. The van der Waals surface area contributed by atoms with Gasteiger partial charge in [-0.15, -0.1) is 0 Å². The minimum absolute atomic E-state index is 0.0537. The van der Waals surface area contributed by atoms with E-state index < -0.39 is 5.82 Å². The number of amides is 1. The summed E-state index contributed by atoms with van der Waals surface area (Å²) in [6.45, 7) is 3.08. The molecule has 1 aliphatic rings. The summed E-state index contributed by atoms with van der Waals surface area (Å²) < 4.78 is 19.5. The van der Waals surface area contributed by atoms with Crippen molar-refractivity contribution < 1.29 is 13.9 Å². The van der Waals surface area contributed by atoms with Crippen LogP contribution in [0.1, 0.15) is 10.4 Å². The highest BCUT2D eigenvalue weighted by molar-refractivity contribution is 5.95. The molecule has 0 saturated carbocycles. The van der Waals surface area contributed by atoms with Crippen LogP contribution in [-0.2, 0) is 0 Å². The number of hydrogen-bond acceptors (Lipinski definition) is 4. The third-order valence-corrected chi connectivity index (χ3v) is 4.25. The first kappa shape index (κ1) is 16.4. The van der Waals surface area contributed by atoms with Crippen molar-refractivity contribution in [2.45, 2.75) is 0 Å². The zero-order chi connectivity index (χ0) is 17.1. The van der Waals surface area contributed by atoms with Gasteiger partial charge in [-0.25, -0.2) is 4.39 Å². The van der Waals surface area contributed by atoms with Crippen LogP contribution in [0.3, 0.4) is 0 Å². The van der Waals surface area contributed by atoms with Crippen LogP contribution in [0.15, 0.2) is 36.5 Å². The summed E-state index contributed by atoms with van der Waals surface area (Å²) in [4.78, 5) is 20.9. The Balaban J connectivity index is 1.91. The molecule has 1 aliphatic heterocycles. The number of pyridine rings is 1. The van der Waals surface area contributed by atoms with Gasteiger partial charge >= 0.3 is 0 Å². The molecule has 126 valence electrons. The predicted molar refractivity (Wildman–Crippen MR) is 89.6 cm³/mol. The standard InChI is InChI=1S/C18H20FN3O2/c1-21-8-10-22(11-9-21)18(23)13-6-7-20-15(12-13)17-14(19)4-3-5-16(17)24-2/h3-7,12H,8-11H2,1-2H3. The third-order valence-electron chi connectivity index (χ3n) is 4.25. The van der Waals surface area contributed by atoms with Gasteiger partial charge in [-0.2, -0.15) is 0 Å². The number of benzene rings is 1. The van der Waals surface area contributed by atoms with Crippen LogP contribution in [0, 0.1) is 5.82 Å². The SMILES string of the molecule is COc1cccc(F)c1-c1cc(C(=O)N2CCN(C)CC2)ccn1. The first-order valence-corrected chi connectivity index (χ1v) is 7.87. The van der Waals surface area contributed by atoms with Crippen LogP contribution in [-0.4, -0.2) is 61.0 Å². The van der Waals surface area contributed by atoms with E-state index in [2.05, 4.69) is 9.88 Å². The number of ether oxygens (including phenoxy) is 1. The highest BCUT2D eigenvalue weighted by atomic mass is 19.1. The molecule has 0 atom stereocenters. The Labute approximate surface area is 140 Å². The largest absolute Gasteiger partial charge is 0.496 e. The number of nitrogens with zero attached hydrogens (tertiary/aromatic N) is 3. The Bertz CT molecular complexity index is 743. The van der Waals surface area contributed by atoms with Crippen LogP contribution in [0.25, 0.3) is 11.3 Å². The fourth-order valence-corrected chi connectivity index (χ4v) is 2.82. The Kier molecular flexibility index (Phi) is 4.76. The second kappa shape index (κ2) is 6.97. The molecule has 0 spiro atoms. The van der Waals surface area contributed by atoms with Gasteiger partial charge in [-0.05, 0) is 31.3 Å². The summed E-state index contributed by atoms with van der Waals surface area (Å²) in [6, 6.07) is 7.90. The molecule has 0 aliphatic carbocycles. The second-order valence-electron chi connectivity index (χ2n) is 5.84. The van der Waals surface area contributed by atoms with Gasteiger partial charge in [0.15, 0.2) is 0 Å². The Morgan fingerprint density at radius 1 is 1.21 bits per heavy atom. The second-order valence-corrected chi connectivity index (χ2v) is 5.84. The highest BCUT2D eigenvalue weighted by Gasteiger charge is 2.21. The van der Waals surface area contributed by atoms with Crippen molar-refractivity contribution in [2.75, 3.05) is 40.3 Å². The van der Waals surface area contributed by atoms with E-state index in [1.807, 2.05) is 11.9 Å². The van der Waals surface area contributed by atoms with E-state index in [-0.39, 0.29) is 11.5 Å². The first-order valence-electron chi connectivity index (χ1n) is 7.87. The molecule has 1 saturated heterocycles. The molecule has 2 heterocycles. The number of likely N-dealkylation sites (N-methyl/N-ethyl adjacent to an activating group) is 1. The highest BCUT2D eigenvalue weighted by Crippen LogP contribution is 2.31. The molecule has 2 aromatic rings. The fourth-order valence-electron chi connectivity index (χ4n) is 2.82. The number of piperazine rings is 1. The Hall–Kier alpha value is -2.47. The van der Waals surface area contributed by atoms with Crippen molar-refractivity contribution in [3.05, 3.63) is 47.9 Å². The van der Waals surface area contributed by atoms with Crippen LogP contribution < -0.4 is 4.74 Å². The molecule has 0 unspecified atom stereocenters. The topological polar surface area (TPSA) is 45.7 Å². The fraction of sp³-hybridized carbons (Fsp3) is 0.333. The molecular weight excluding hydrogens is 309 g/mol. The molecule has 0 bridgehead atoms. The van der Waals surface area contributed by atoms with Gasteiger partial charge < -0.3 is 14.5 Å². The average molecular weight is 329 g/mol. The summed E-state index contributed by atoms with van der Waals surface area (Å²) in [5.74, 6) is -0.0835. The van der Waals surface area contributed by atoms with E-state index in [1.54, 1.807) is 24.3 Å². The maximum Gasteiger partial charge on any atom is 0.254 e. The van der Waals surface area contributed by atoms with Gasteiger partial charge in [0, 0.05) is 37.9 Å². The Morgan fingerprint density at radius 2 is 1.96 bits per heavy atom. The minimum Gasteiger partial charge on any atom is -0.496 e. The summed E-state index contributed by atoms with van der Waals surface area (Å²) in [5.41, 5.74) is 1.17. The minimum atomic E-state index is -0.425. The quantitative estimate of drug-likeness (QED) is 0.867. The summed E-state index contributed by atoms with van der Waals surface area (Å²) >= 11 is 0. The van der Waals surface area contributed by atoms with Crippen LogP contribution in [0.2, 0.25) is 0 Å². The lowest BCUT2D eigenvalue weighted by molar-refractivity contribution is 0.0664. The van der Waals surface area contributed by atoms with Gasteiger partial charge in [0.25, 0.3) is 5.91 Å². The van der Waals surface area contributed by atoms with Gasteiger partial charge in [0.05, 0.1) is 18.4 Å². The molecule has 1 fully saturated rings. The Morgan fingerprint density at radius 3 is 2.67 bits per heavy atom. The van der Waals surface area contributed by atoms with Gasteiger partial charge in [0.2, 0.25) is 0 Å². The number of carbonyl (C=O) groups is 1. The molecule has 0 N–H and O–H groups in total. The molecule has 5 nitrogen and oxygen atoms in total. The van der Waals surface area contributed by atoms with E-state index in [0.29, 0.717) is 30.1 Å². The third kappa shape index (κ3) is 3.23. The molecular formula is C18H20FN3O2. The molecule has 6 heteroatoms. The van der Waals surface area contributed by atoms with Crippen LogP contribution in [0.4, 0.5) is 4.39 Å². The molecule has 3 rings (SSSR count). The smallest absolute Gasteiger partial charge is 0.254 e. The maximum absolute atomic E-state index is 14.2. The molecule has 1 aromatic heterocycles. The zero-order valence-corrected chi connectivity index (χ0v) is 13.8. The monoisotopic (exact) mass is 329 g/mol. The van der Waals surface area contributed by atoms with Crippen molar-refractivity contribution in [1.29, 1.82) is 0 Å². The molecule has 0 radical (unpaired) electrons. The molecule has 24 heavy (non-hydrogen) atoms. The van der Waals surface area contributed by atoms with Crippen LogP contribution in [0.5, 0.6) is 5.75 Å². The number of aromatic nitrogens is 1. The lowest BCUT2D eigenvalue weighted by Crippen LogP contribution is -2.47. The summed E-state index contributed by atoms with van der Waals surface area (Å²) in [5, 5.41) is 0. The van der Waals surface area contributed by atoms with Gasteiger partial charge in [-0.3, -0.25) is 9.78 Å². The normalized spacial score (nSPS) is 15.4. The summed E-state index contributed by atoms with van der Waals surface area (Å²) in [7, 11) is 3.52. The van der Waals surface area contributed by atoms with Gasteiger partial charge in [0.1, 0.15) is 11.6 Å². The van der Waals surface area contributed by atoms with E-state index in [9.17, 15) is 9.18 Å². The zero-order valence-electron chi connectivity index (χ0n) is 13.8. The maximum atomic E-state index is 14.2. The number of methoxy groups -OCH3 is 1. The van der Waals surface area contributed by atoms with E-state index in [4.69, 9.17) is 4.74 Å². The van der Waals surface area contributed by atoms with Gasteiger partial charge in [-0.1, -0.05) is 6.07 Å².